The maximum atomic E-state index is 12.4. The van der Waals surface area contributed by atoms with Crippen LogP contribution < -0.4 is 5.32 Å². The third-order valence-corrected chi connectivity index (χ3v) is 4.17. The number of aromatic carboxylic acids is 1. The van der Waals surface area contributed by atoms with E-state index in [4.69, 9.17) is 0 Å². The summed E-state index contributed by atoms with van der Waals surface area (Å²) in [5.74, 6) is -1.45. The van der Waals surface area contributed by atoms with Crippen LogP contribution in [0.2, 0.25) is 0 Å². The zero-order valence-corrected chi connectivity index (χ0v) is 13.5. The summed E-state index contributed by atoms with van der Waals surface area (Å²) in [6.45, 7) is 0. The van der Waals surface area contributed by atoms with Crippen LogP contribution in [0.4, 0.5) is 5.69 Å². The molecule has 0 saturated heterocycles. The molecule has 0 radical (unpaired) electrons. The minimum absolute atomic E-state index is 0.0594. The van der Waals surface area contributed by atoms with Crippen LogP contribution in [0.3, 0.4) is 0 Å². The van der Waals surface area contributed by atoms with Crippen LogP contribution in [-0.4, -0.2) is 17.0 Å². The highest BCUT2D eigenvalue weighted by molar-refractivity contribution is 9.10. The van der Waals surface area contributed by atoms with Crippen LogP contribution in [-0.2, 0) is 0 Å². The molecule has 4 nitrogen and oxygen atoms in total. The highest BCUT2D eigenvalue weighted by Crippen LogP contribution is 2.26. The van der Waals surface area contributed by atoms with Gasteiger partial charge in [-0.25, -0.2) is 4.79 Å². The predicted octanol–water partition coefficient (Wildman–Crippen LogP) is 4.55. The number of anilines is 1. The fourth-order valence-corrected chi connectivity index (χ4v) is 2.82. The Balaban J connectivity index is 2.05. The number of rotatable bonds is 3. The number of halogens is 1. The molecule has 0 bridgehead atoms. The van der Waals surface area contributed by atoms with Crippen LogP contribution >= 0.6 is 15.9 Å². The lowest BCUT2D eigenvalue weighted by atomic mass is 10.0. The first-order valence-corrected chi connectivity index (χ1v) is 7.67. The van der Waals surface area contributed by atoms with E-state index in [1.807, 2.05) is 24.3 Å². The van der Waals surface area contributed by atoms with Gasteiger partial charge in [-0.05, 0) is 51.0 Å². The quantitative estimate of drug-likeness (QED) is 0.711. The van der Waals surface area contributed by atoms with Gasteiger partial charge in [-0.3, -0.25) is 4.79 Å². The summed E-state index contributed by atoms with van der Waals surface area (Å²) in [4.78, 5) is 23.9. The van der Waals surface area contributed by atoms with Crippen molar-refractivity contribution in [1.82, 2.24) is 0 Å². The molecule has 0 aliphatic carbocycles. The summed E-state index contributed by atoms with van der Waals surface area (Å²) >= 11 is 3.32. The molecule has 0 spiro atoms. The van der Waals surface area contributed by atoms with Crippen LogP contribution in [0.1, 0.15) is 20.7 Å². The lowest BCUT2D eigenvalue weighted by molar-refractivity contribution is 0.0698. The molecule has 5 heteroatoms. The first-order valence-electron chi connectivity index (χ1n) is 6.88. The summed E-state index contributed by atoms with van der Waals surface area (Å²) in [5.41, 5.74) is 0.776. The standard InChI is InChI=1S/C18H12BrNO3/c19-15-8-4-3-7-13(15)17(21)20-16-10-12-6-2-1-5-11(12)9-14(16)18(22)23/h1-10H,(H,20,21)(H,22,23). The minimum Gasteiger partial charge on any atom is -0.478 e. The number of carbonyl (C=O) groups is 2. The molecular formula is C18H12BrNO3. The Bertz CT molecular complexity index is 921. The van der Waals surface area contributed by atoms with Gasteiger partial charge in [-0.2, -0.15) is 0 Å². The minimum atomic E-state index is -1.09. The first kappa shape index (κ1) is 15.2. The highest BCUT2D eigenvalue weighted by Gasteiger charge is 2.16. The molecule has 3 aromatic rings. The van der Waals surface area contributed by atoms with Gasteiger partial charge in [-0.15, -0.1) is 0 Å². The number of fused-ring (bicyclic) bond motifs is 1. The van der Waals surface area contributed by atoms with E-state index in [0.717, 1.165) is 10.8 Å². The van der Waals surface area contributed by atoms with Crippen molar-refractivity contribution in [2.24, 2.45) is 0 Å². The van der Waals surface area contributed by atoms with E-state index in [0.29, 0.717) is 10.0 Å². The van der Waals surface area contributed by atoms with Gasteiger partial charge >= 0.3 is 5.97 Å². The van der Waals surface area contributed by atoms with E-state index in [1.54, 1.807) is 36.4 Å². The Morgan fingerprint density at radius 2 is 1.48 bits per heavy atom. The molecule has 3 aromatic carbocycles. The molecule has 23 heavy (non-hydrogen) atoms. The van der Waals surface area contributed by atoms with Gasteiger partial charge in [0.05, 0.1) is 16.8 Å². The van der Waals surface area contributed by atoms with Gasteiger partial charge < -0.3 is 10.4 Å². The first-order chi connectivity index (χ1) is 11.1. The van der Waals surface area contributed by atoms with Gasteiger partial charge in [0.25, 0.3) is 5.91 Å². The Morgan fingerprint density at radius 3 is 2.13 bits per heavy atom. The second-order valence-corrected chi connectivity index (χ2v) is 5.84. The summed E-state index contributed by atoms with van der Waals surface area (Å²) in [6, 6.07) is 17.6. The second kappa shape index (κ2) is 6.22. The Hall–Kier alpha value is -2.66. The Kier molecular flexibility index (Phi) is 4.12. The Labute approximate surface area is 140 Å². The number of carbonyl (C=O) groups excluding carboxylic acids is 1. The van der Waals surface area contributed by atoms with Crippen molar-refractivity contribution in [3.05, 3.63) is 76.3 Å². The third-order valence-electron chi connectivity index (χ3n) is 3.48. The fraction of sp³-hybridized carbons (Fsp3) is 0. The number of benzene rings is 3. The van der Waals surface area contributed by atoms with Crippen LogP contribution in [0.15, 0.2) is 65.1 Å². The average Bonchev–Trinajstić information content (AvgIpc) is 2.54. The van der Waals surface area contributed by atoms with E-state index in [9.17, 15) is 14.7 Å². The Morgan fingerprint density at radius 1 is 0.870 bits per heavy atom. The number of carboxylic acids is 1. The van der Waals surface area contributed by atoms with Crippen molar-refractivity contribution in [2.45, 2.75) is 0 Å². The summed E-state index contributed by atoms with van der Waals surface area (Å²) in [7, 11) is 0. The summed E-state index contributed by atoms with van der Waals surface area (Å²) < 4.78 is 0.648. The molecule has 1 amide bonds. The number of amides is 1. The highest BCUT2D eigenvalue weighted by atomic mass is 79.9. The number of nitrogens with one attached hydrogen (secondary N) is 1. The SMILES string of the molecule is O=C(Nc1cc2ccccc2cc1C(=O)O)c1ccccc1Br. The summed E-state index contributed by atoms with van der Waals surface area (Å²) in [6.07, 6.45) is 0. The van der Waals surface area contributed by atoms with Gasteiger partial charge in [0.1, 0.15) is 0 Å². The monoisotopic (exact) mass is 369 g/mol. The van der Waals surface area contributed by atoms with Crippen molar-refractivity contribution < 1.29 is 14.7 Å². The molecule has 3 rings (SSSR count). The van der Waals surface area contributed by atoms with Crippen molar-refractivity contribution in [2.75, 3.05) is 5.32 Å². The largest absolute Gasteiger partial charge is 0.478 e. The van der Waals surface area contributed by atoms with Crippen LogP contribution in [0.25, 0.3) is 10.8 Å². The molecular weight excluding hydrogens is 358 g/mol. The van der Waals surface area contributed by atoms with E-state index in [-0.39, 0.29) is 17.2 Å². The maximum absolute atomic E-state index is 12.4. The molecule has 0 aliphatic heterocycles. The molecule has 0 unspecified atom stereocenters. The molecule has 0 fully saturated rings. The van der Waals surface area contributed by atoms with Gasteiger partial charge in [0, 0.05) is 4.47 Å². The number of hydrogen-bond acceptors (Lipinski definition) is 2. The van der Waals surface area contributed by atoms with Crippen molar-refractivity contribution in [1.29, 1.82) is 0 Å². The van der Waals surface area contributed by atoms with E-state index >= 15 is 0 Å². The van der Waals surface area contributed by atoms with Gasteiger partial charge in [0.2, 0.25) is 0 Å². The third kappa shape index (κ3) is 3.10. The molecule has 0 aliphatic rings. The summed E-state index contributed by atoms with van der Waals surface area (Å²) in [5, 5.41) is 13.8. The molecule has 0 aromatic heterocycles. The van der Waals surface area contributed by atoms with Gasteiger partial charge in [0.15, 0.2) is 0 Å². The van der Waals surface area contributed by atoms with Crippen molar-refractivity contribution in [3.8, 4) is 0 Å². The maximum Gasteiger partial charge on any atom is 0.337 e. The van der Waals surface area contributed by atoms with Crippen LogP contribution in [0, 0.1) is 0 Å². The topological polar surface area (TPSA) is 66.4 Å². The molecule has 2 N–H and O–H groups in total. The van der Waals surface area contributed by atoms with Crippen molar-refractivity contribution in [3.63, 3.8) is 0 Å². The fourth-order valence-electron chi connectivity index (χ4n) is 2.36. The molecule has 114 valence electrons. The smallest absolute Gasteiger partial charge is 0.337 e. The zero-order chi connectivity index (χ0) is 16.4. The molecule has 0 heterocycles. The normalized spacial score (nSPS) is 10.5. The lowest BCUT2D eigenvalue weighted by Gasteiger charge is -2.11. The zero-order valence-electron chi connectivity index (χ0n) is 11.9. The van der Waals surface area contributed by atoms with Crippen LogP contribution in [0.5, 0.6) is 0 Å². The van der Waals surface area contributed by atoms with E-state index in [1.165, 1.54) is 0 Å². The second-order valence-electron chi connectivity index (χ2n) is 4.98. The van der Waals surface area contributed by atoms with E-state index in [2.05, 4.69) is 21.2 Å². The lowest BCUT2D eigenvalue weighted by Crippen LogP contribution is -2.15. The van der Waals surface area contributed by atoms with Crippen molar-refractivity contribution >= 4 is 44.3 Å². The predicted molar refractivity (Wildman–Crippen MR) is 93.0 cm³/mol. The average molecular weight is 370 g/mol. The van der Waals surface area contributed by atoms with E-state index < -0.39 is 5.97 Å². The molecule has 0 saturated carbocycles. The number of carboxylic acid groups (broad SMARTS) is 1. The molecule has 0 atom stereocenters. The van der Waals surface area contributed by atoms with Gasteiger partial charge in [-0.1, -0.05) is 36.4 Å². The number of hydrogen-bond donors (Lipinski definition) is 2.